The van der Waals surface area contributed by atoms with Gasteiger partial charge in [-0.3, -0.25) is 4.79 Å². The molecule has 0 saturated heterocycles. The van der Waals surface area contributed by atoms with Crippen LogP contribution in [0.1, 0.15) is 18.9 Å². The van der Waals surface area contributed by atoms with Gasteiger partial charge in [0, 0.05) is 25.5 Å². The molecule has 5 nitrogen and oxygen atoms in total. The molecule has 1 N–H and O–H groups in total. The van der Waals surface area contributed by atoms with Gasteiger partial charge in [0.05, 0.1) is 6.33 Å². The van der Waals surface area contributed by atoms with Gasteiger partial charge in [-0.1, -0.05) is 12.1 Å². The third kappa shape index (κ3) is 4.95. The van der Waals surface area contributed by atoms with Crippen molar-refractivity contribution in [3.63, 3.8) is 0 Å². The van der Waals surface area contributed by atoms with Crippen molar-refractivity contribution in [2.75, 3.05) is 6.54 Å². The van der Waals surface area contributed by atoms with Crippen molar-refractivity contribution in [2.45, 2.75) is 32.9 Å². The van der Waals surface area contributed by atoms with Crippen LogP contribution in [0.5, 0.6) is 5.75 Å². The molecule has 1 aromatic carbocycles. The van der Waals surface area contributed by atoms with Crippen molar-refractivity contribution in [1.29, 1.82) is 0 Å². The second kappa shape index (κ2) is 7.47. The SMILES string of the molecule is Cc1cccc(O[C@H](C)C(=O)NCCCn2ccnc2)c1. The standard InChI is InChI=1S/C16H21N3O2/c1-13-5-3-6-15(11-13)21-14(2)16(20)18-7-4-9-19-10-8-17-12-19/h3,5-6,8,10-12,14H,4,7,9H2,1-2H3,(H,18,20)/t14-/m1/s1. The maximum absolute atomic E-state index is 11.9. The monoisotopic (exact) mass is 287 g/mol. The van der Waals surface area contributed by atoms with Crippen molar-refractivity contribution < 1.29 is 9.53 Å². The molecule has 0 fully saturated rings. The number of amides is 1. The Balaban J connectivity index is 1.70. The van der Waals surface area contributed by atoms with Crippen LogP contribution in [0.4, 0.5) is 0 Å². The second-order valence-electron chi connectivity index (χ2n) is 5.02. The average Bonchev–Trinajstić information content (AvgIpc) is 2.96. The van der Waals surface area contributed by atoms with Gasteiger partial charge in [-0.25, -0.2) is 4.98 Å². The maximum Gasteiger partial charge on any atom is 0.260 e. The first kappa shape index (κ1) is 15.1. The predicted molar refractivity (Wildman–Crippen MR) is 81.1 cm³/mol. The minimum atomic E-state index is -0.500. The van der Waals surface area contributed by atoms with Crippen molar-refractivity contribution >= 4 is 5.91 Å². The van der Waals surface area contributed by atoms with E-state index in [1.54, 1.807) is 19.4 Å². The molecule has 0 radical (unpaired) electrons. The van der Waals surface area contributed by atoms with Gasteiger partial charge in [0.1, 0.15) is 5.75 Å². The fraction of sp³-hybridized carbons (Fsp3) is 0.375. The highest BCUT2D eigenvalue weighted by Crippen LogP contribution is 2.14. The number of ether oxygens (including phenoxy) is 1. The third-order valence-electron chi connectivity index (χ3n) is 3.12. The Morgan fingerprint density at radius 3 is 3.05 bits per heavy atom. The molecule has 0 aliphatic rings. The summed E-state index contributed by atoms with van der Waals surface area (Å²) < 4.78 is 7.62. The van der Waals surface area contributed by atoms with Crippen LogP contribution in [-0.4, -0.2) is 28.1 Å². The van der Waals surface area contributed by atoms with E-state index in [-0.39, 0.29) is 5.91 Å². The number of rotatable bonds is 7. The van der Waals surface area contributed by atoms with E-state index in [2.05, 4.69) is 10.3 Å². The van der Waals surface area contributed by atoms with Crippen LogP contribution in [0.15, 0.2) is 43.0 Å². The first-order chi connectivity index (χ1) is 10.1. The summed E-state index contributed by atoms with van der Waals surface area (Å²) in [5.41, 5.74) is 1.11. The van der Waals surface area contributed by atoms with E-state index in [4.69, 9.17) is 4.74 Å². The Bertz CT molecular complexity index is 567. The lowest BCUT2D eigenvalue weighted by atomic mass is 10.2. The summed E-state index contributed by atoms with van der Waals surface area (Å²) in [4.78, 5) is 15.9. The predicted octanol–water partition coefficient (Wildman–Crippen LogP) is 2.17. The lowest BCUT2D eigenvalue weighted by Crippen LogP contribution is -2.37. The van der Waals surface area contributed by atoms with E-state index < -0.39 is 6.10 Å². The Morgan fingerprint density at radius 2 is 2.33 bits per heavy atom. The van der Waals surface area contributed by atoms with Gasteiger partial charge in [0.25, 0.3) is 5.91 Å². The highest BCUT2D eigenvalue weighted by molar-refractivity contribution is 5.80. The summed E-state index contributed by atoms with van der Waals surface area (Å²) in [5, 5.41) is 2.88. The van der Waals surface area contributed by atoms with Crippen molar-refractivity contribution in [2.24, 2.45) is 0 Å². The molecular weight excluding hydrogens is 266 g/mol. The lowest BCUT2D eigenvalue weighted by Gasteiger charge is -2.15. The number of carbonyl (C=O) groups excluding carboxylic acids is 1. The van der Waals surface area contributed by atoms with Gasteiger partial charge in [-0.15, -0.1) is 0 Å². The zero-order valence-electron chi connectivity index (χ0n) is 12.5. The van der Waals surface area contributed by atoms with E-state index >= 15 is 0 Å². The summed E-state index contributed by atoms with van der Waals surface area (Å²) >= 11 is 0. The summed E-state index contributed by atoms with van der Waals surface area (Å²) in [6.07, 6.45) is 5.78. The average molecular weight is 287 g/mol. The van der Waals surface area contributed by atoms with Gasteiger partial charge < -0.3 is 14.6 Å². The number of imidazole rings is 1. The molecule has 2 aromatic rings. The first-order valence-electron chi connectivity index (χ1n) is 7.12. The Hall–Kier alpha value is -2.30. The number of benzene rings is 1. The van der Waals surface area contributed by atoms with Gasteiger partial charge >= 0.3 is 0 Å². The summed E-state index contributed by atoms with van der Waals surface area (Å²) in [6, 6.07) is 7.69. The zero-order chi connectivity index (χ0) is 15.1. The molecule has 0 unspecified atom stereocenters. The number of aryl methyl sites for hydroxylation is 2. The molecule has 0 spiro atoms. The quantitative estimate of drug-likeness (QED) is 0.794. The van der Waals surface area contributed by atoms with E-state index in [0.717, 1.165) is 24.3 Å². The first-order valence-corrected chi connectivity index (χ1v) is 7.12. The number of hydrogen-bond acceptors (Lipinski definition) is 3. The Morgan fingerprint density at radius 1 is 1.48 bits per heavy atom. The minimum Gasteiger partial charge on any atom is -0.481 e. The van der Waals surface area contributed by atoms with E-state index in [1.165, 1.54) is 0 Å². The third-order valence-corrected chi connectivity index (χ3v) is 3.12. The molecule has 5 heteroatoms. The summed E-state index contributed by atoms with van der Waals surface area (Å²) in [7, 11) is 0. The zero-order valence-corrected chi connectivity index (χ0v) is 12.5. The molecule has 0 saturated carbocycles. The molecular formula is C16H21N3O2. The topological polar surface area (TPSA) is 56.1 Å². The highest BCUT2D eigenvalue weighted by Gasteiger charge is 2.13. The van der Waals surface area contributed by atoms with E-state index in [9.17, 15) is 4.79 Å². The molecule has 1 atom stereocenters. The number of hydrogen-bond donors (Lipinski definition) is 1. The van der Waals surface area contributed by atoms with Gasteiger partial charge in [-0.2, -0.15) is 0 Å². The molecule has 1 aromatic heterocycles. The van der Waals surface area contributed by atoms with E-state index in [1.807, 2.05) is 42.0 Å². The Kier molecular flexibility index (Phi) is 5.37. The fourth-order valence-corrected chi connectivity index (χ4v) is 1.98. The van der Waals surface area contributed by atoms with Crippen LogP contribution in [0.2, 0.25) is 0 Å². The number of nitrogens with zero attached hydrogens (tertiary/aromatic N) is 2. The minimum absolute atomic E-state index is 0.0952. The molecule has 0 aliphatic carbocycles. The molecule has 1 amide bonds. The highest BCUT2D eigenvalue weighted by atomic mass is 16.5. The molecule has 112 valence electrons. The summed E-state index contributed by atoms with van der Waals surface area (Å²) in [5.74, 6) is 0.623. The molecule has 0 bridgehead atoms. The number of aromatic nitrogens is 2. The normalized spacial score (nSPS) is 11.9. The van der Waals surface area contributed by atoms with E-state index in [0.29, 0.717) is 6.54 Å². The second-order valence-corrected chi connectivity index (χ2v) is 5.02. The fourth-order valence-electron chi connectivity index (χ4n) is 1.98. The van der Waals surface area contributed by atoms with Crippen LogP contribution >= 0.6 is 0 Å². The van der Waals surface area contributed by atoms with Crippen LogP contribution in [0.3, 0.4) is 0 Å². The smallest absolute Gasteiger partial charge is 0.260 e. The van der Waals surface area contributed by atoms with Crippen LogP contribution in [0.25, 0.3) is 0 Å². The molecule has 2 rings (SSSR count). The van der Waals surface area contributed by atoms with Crippen molar-refractivity contribution in [1.82, 2.24) is 14.9 Å². The number of nitrogens with one attached hydrogen (secondary N) is 1. The number of carbonyl (C=O) groups is 1. The molecule has 1 heterocycles. The van der Waals surface area contributed by atoms with Crippen LogP contribution < -0.4 is 10.1 Å². The molecule has 0 aliphatic heterocycles. The van der Waals surface area contributed by atoms with Crippen LogP contribution in [-0.2, 0) is 11.3 Å². The molecule has 21 heavy (non-hydrogen) atoms. The largest absolute Gasteiger partial charge is 0.481 e. The maximum atomic E-state index is 11.9. The summed E-state index contributed by atoms with van der Waals surface area (Å²) in [6.45, 7) is 5.22. The Labute approximate surface area is 125 Å². The van der Waals surface area contributed by atoms with Crippen molar-refractivity contribution in [3.05, 3.63) is 48.5 Å². The van der Waals surface area contributed by atoms with Crippen molar-refractivity contribution in [3.8, 4) is 5.75 Å². The van der Waals surface area contributed by atoms with Crippen LogP contribution in [0, 0.1) is 6.92 Å². The van der Waals surface area contributed by atoms with Gasteiger partial charge in [0.2, 0.25) is 0 Å². The lowest BCUT2D eigenvalue weighted by molar-refractivity contribution is -0.127. The van der Waals surface area contributed by atoms with Gasteiger partial charge in [0.15, 0.2) is 6.10 Å². The van der Waals surface area contributed by atoms with Gasteiger partial charge in [-0.05, 0) is 38.0 Å².